The van der Waals surface area contributed by atoms with Crippen molar-refractivity contribution in [3.05, 3.63) is 24.0 Å². The fraction of sp³-hybridized carbons (Fsp3) is 0.533. The predicted octanol–water partition coefficient (Wildman–Crippen LogP) is 3.89. The van der Waals surface area contributed by atoms with Crippen molar-refractivity contribution in [2.45, 2.75) is 25.3 Å². The minimum Gasteiger partial charge on any atom is -0.497 e. The van der Waals surface area contributed by atoms with Gasteiger partial charge in [-0.25, -0.2) is 4.98 Å². The molecular formula is C15H19ClN2OS. The van der Waals surface area contributed by atoms with Crippen LogP contribution in [0.3, 0.4) is 0 Å². The molecule has 3 nitrogen and oxygen atoms in total. The summed E-state index contributed by atoms with van der Waals surface area (Å²) in [4.78, 5) is 4.77. The Bertz CT molecular complexity index is 593. The second kappa shape index (κ2) is 6.27. The maximum atomic E-state index is 5.95. The van der Waals surface area contributed by atoms with E-state index in [4.69, 9.17) is 21.3 Å². The maximum absolute atomic E-state index is 5.95. The molecule has 0 amide bonds. The van der Waals surface area contributed by atoms with Crippen molar-refractivity contribution in [1.29, 1.82) is 0 Å². The summed E-state index contributed by atoms with van der Waals surface area (Å²) in [5.41, 5.74) is 2.22. The first kappa shape index (κ1) is 14.1. The van der Waals surface area contributed by atoms with E-state index in [1.165, 1.54) is 24.1 Å². The van der Waals surface area contributed by atoms with Gasteiger partial charge >= 0.3 is 0 Å². The number of ether oxygens (including phenoxy) is 1. The average molecular weight is 311 g/mol. The standard InChI is InChI=1S/C15H19ClN2OS/c1-19-12-4-5-13-14(9-12)18(15(17-13)6-7-16)11-3-2-8-20-10-11/h4-5,9,11H,2-3,6-8,10H2,1H3. The van der Waals surface area contributed by atoms with E-state index < -0.39 is 0 Å². The summed E-state index contributed by atoms with van der Waals surface area (Å²) in [5.74, 6) is 5.05. The van der Waals surface area contributed by atoms with E-state index in [2.05, 4.69) is 10.6 Å². The SMILES string of the molecule is COc1ccc2nc(CCCl)n(C3CCCSC3)c2c1. The van der Waals surface area contributed by atoms with E-state index >= 15 is 0 Å². The van der Waals surface area contributed by atoms with Crippen molar-refractivity contribution in [3.8, 4) is 5.75 Å². The van der Waals surface area contributed by atoms with Crippen LogP contribution in [0.4, 0.5) is 0 Å². The third-order valence-corrected chi connectivity index (χ3v) is 5.18. The van der Waals surface area contributed by atoms with Gasteiger partial charge < -0.3 is 9.30 Å². The number of hydrogen-bond acceptors (Lipinski definition) is 3. The number of nitrogens with zero attached hydrogens (tertiary/aromatic N) is 2. The molecule has 1 fully saturated rings. The number of aryl methyl sites for hydroxylation is 1. The molecule has 1 aromatic heterocycles. The molecule has 2 aromatic rings. The fourth-order valence-electron chi connectivity index (χ4n) is 2.85. The van der Waals surface area contributed by atoms with Gasteiger partial charge in [0, 0.05) is 30.2 Å². The van der Waals surface area contributed by atoms with Gasteiger partial charge in [0.2, 0.25) is 0 Å². The highest BCUT2D eigenvalue weighted by atomic mass is 35.5. The van der Waals surface area contributed by atoms with Gasteiger partial charge in [0.25, 0.3) is 0 Å². The lowest BCUT2D eigenvalue weighted by Crippen LogP contribution is -2.18. The van der Waals surface area contributed by atoms with Crippen LogP contribution in [0.5, 0.6) is 5.75 Å². The number of fused-ring (bicyclic) bond motifs is 1. The molecule has 2 heterocycles. The molecule has 108 valence electrons. The Balaban J connectivity index is 2.10. The number of thioether (sulfide) groups is 1. The number of hydrogen-bond donors (Lipinski definition) is 0. The smallest absolute Gasteiger partial charge is 0.121 e. The van der Waals surface area contributed by atoms with Crippen LogP contribution in [0.15, 0.2) is 18.2 Å². The molecule has 0 saturated carbocycles. The van der Waals surface area contributed by atoms with Crippen LogP contribution < -0.4 is 4.74 Å². The Hall–Kier alpha value is -0.870. The Kier molecular flexibility index (Phi) is 4.41. The monoisotopic (exact) mass is 310 g/mol. The summed E-state index contributed by atoms with van der Waals surface area (Å²) >= 11 is 7.98. The third-order valence-electron chi connectivity index (χ3n) is 3.79. The zero-order valence-corrected chi connectivity index (χ0v) is 13.2. The summed E-state index contributed by atoms with van der Waals surface area (Å²) in [6.45, 7) is 0. The van der Waals surface area contributed by atoms with Crippen molar-refractivity contribution in [2.24, 2.45) is 0 Å². The molecule has 5 heteroatoms. The molecule has 1 aliphatic heterocycles. The van der Waals surface area contributed by atoms with Crippen LogP contribution in [0.2, 0.25) is 0 Å². The highest BCUT2D eigenvalue weighted by molar-refractivity contribution is 7.99. The summed E-state index contributed by atoms with van der Waals surface area (Å²) in [5, 5.41) is 0. The topological polar surface area (TPSA) is 27.1 Å². The average Bonchev–Trinajstić information content (AvgIpc) is 2.85. The molecule has 0 spiro atoms. The normalized spacial score (nSPS) is 19.4. The third kappa shape index (κ3) is 2.63. The largest absolute Gasteiger partial charge is 0.497 e. The summed E-state index contributed by atoms with van der Waals surface area (Å²) < 4.78 is 7.76. The summed E-state index contributed by atoms with van der Waals surface area (Å²) in [7, 11) is 1.71. The first-order chi connectivity index (χ1) is 9.83. The van der Waals surface area contributed by atoms with Gasteiger partial charge in [0.15, 0.2) is 0 Å². The van der Waals surface area contributed by atoms with Crippen LogP contribution in [-0.2, 0) is 6.42 Å². The second-order valence-corrected chi connectivity index (χ2v) is 6.59. The van der Waals surface area contributed by atoms with Crippen LogP contribution >= 0.6 is 23.4 Å². The maximum Gasteiger partial charge on any atom is 0.121 e. The van der Waals surface area contributed by atoms with E-state index in [-0.39, 0.29) is 0 Å². The zero-order chi connectivity index (χ0) is 13.9. The van der Waals surface area contributed by atoms with Gasteiger partial charge in [-0.3, -0.25) is 0 Å². The van der Waals surface area contributed by atoms with Crippen molar-refractivity contribution in [3.63, 3.8) is 0 Å². The predicted molar refractivity (Wildman–Crippen MR) is 86.3 cm³/mol. The van der Waals surface area contributed by atoms with E-state index in [9.17, 15) is 0 Å². The van der Waals surface area contributed by atoms with Crippen molar-refractivity contribution in [2.75, 3.05) is 24.5 Å². The molecular weight excluding hydrogens is 292 g/mol. The minimum absolute atomic E-state index is 0.532. The quantitative estimate of drug-likeness (QED) is 0.802. The summed E-state index contributed by atoms with van der Waals surface area (Å²) in [6.07, 6.45) is 3.32. The lowest BCUT2D eigenvalue weighted by atomic mass is 10.1. The van der Waals surface area contributed by atoms with Gasteiger partial charge in [0.05, 0.1) is 18.1 Å². The van der Waals surface area contributed by atoms with Crippen LogP contribution in [0.25, 0.3) is 11.0 Å². The second-order valence-electron chi connectivity index (χ2n) is 5.06. The number of rotatable bonds is 4. The van der Waals surface area contributed by atoms with E-state index in [0.717, 1.165) is 29.3 Å². The number of aromatic nitrogens is 2. The zero-order valence-electron chi connectivity index (χ0n) is 11.6. The van der Waals surface area contributed by atoms with Crippen molar-refractivity contribution >= 4 is 34.4 Å². The van der Waals surface area contributed by atoms with Gasteiger partial charge in [0.1, 0.15) is 11.6 Å². The van der Waals surface area contributed by atoms with E-state index in [1.54, 1.807) is 7.11 Å². The molecule has 0 bridgehead atoms. The summed E-state index contributed by atoms with van der Waals surface area (Å²) in [6, 6.07) is 6.64. The molecule has 0 N–H and O–H groups in total. The number of imidazole rings is 1. The Labute approximate surface area is 128 Å². The molecule has 0 radical (unpaired) electrons. The van der Waals surface area contributed by atoms with Gasteiger partial charge in [-0.15, -0.1) is 11.6 Å². The van der Waals surface area contributed by atoms with Crippen molar-refractivity contribution < 1.29 is 4.74 Å². The molecule has 1 aromatic carbocycles. The first-order valence-corrected chi connectivity index (χ1v) is 8.71. The minimum atomic E-state index is 0.532. The Morgan fingerprint density at radius 3 is 3.10 bits per heavy atom. The van der Waals surface area contributed by atoms with Crippen LogP contribution in [0.1, 0.15) is 24.7 Å². The Morgan fingerprint density at radius 2 is 2.40 bits per heavy atom. The number of halogens is 1. The molecule has 3 rings (SSSR count). The molecule has 1 aliphatic rings. The number of methoxy groups -OCH3 is 1. The lowest BCUT2D eigenvalue weighted by molar-refractivity contribution is 0.415. The molecule has 0 aliphatic carbocycles. The lowest BCUT2D eigenvalue weighted by Gasteiger charge is -2.25. The number of benzene rings is 1. The van der Waals surface area contributed by atoms with Gasteiger partial charge in [-0.1, -0.05) is 0 Å². The fourth-order valence-corrected chi connectivity index (χ4v) is 4.14. The Morgan fingerprint density at radius 1 is 1.50 bits per heavy atom. The van der Waals surface area contributed by atoms with E-state index in [1.807, 2.05) is 23.9 Å². The molecule has 20 heavy (non-hydrogen) atoms. The highest BCUT2D eigenvalue weighted by Crippen LogP contribution is 2.32. The van der Waals surface area contributed by atoms with Crippen LogP contribution in [-0.4, -0.2) is 34.0 Å². The first-order valence-electron chi connectivity index (χ1n) is 7.02. The van der Waals surface area contributed by atoms with Crippen LogP contribution in [0, 0.1) is 0 Å². The molecule has 1 atom stereocenters. The van der Waals surface area contributed by atoms with E-state index in [0.29, 0.717) is 11.9 Å². The highest BCUT2D eigenvalue weighted by Gasteiger charge is 2.21. The molecule has 1 saturated heterocycles. The number of alkyl halides is 1. The van der Waals surface area contributed by atoms with Crippen molar-refractivity contribution in [1.82, 2.24) is 9.55 Å². The van der Waals surface area contributed by atoms with Gasteiger partial charge in [-0.2, -0.15) is 11.8 Å². The molecule has 1 unspecified atom stereocenters. The van der Waals surface area contributed by atoms with Gasteiger partial charge in [-0.05, 0) is 30.7 Å².